The Morgan fingerprint density at radius 1 is 1.44 bits per heavy atom. The van der Waals surface area contributed by atoms with E-state index in [0.717, 1.165) is 6.61 Å². The van der Waals surface area contributed by atoms with Crippen LogP contribution >= 0.6 is 0 Å². The maximum absolute atomic E-state index is 5.18. The third kappa shape index (κ3) is 2.50. The van der Waals surface area contributed by atoms with Crippen molar-refractivity contribution in [3.05, 3.63) is 0 Å². The van der Waals surface area contributed by atoms with Gasteiger partial charge in [-0.3, -0.25) is 0 Å². The molecule has 1 aliphatic heterocycles. The van der Waals surface area contributed by atoms with Crippen molar-refractivity contribution in [2.45, 2.75) is 38.1 Å². The third-order valence-corrected chi connectivity index (χ3v) is 5.66. The predicted molar refractivity (Wildman–Crippen MR) is 42.7 cm³/mol. The Bertz CT molecular complexity index is 77.0. The average molecular weight is 144 g/mol. The predicted octanol–water partition coefficient (Wildman–Crippen LogP) is 1.65. The lowest BCUT2D eigenvalue weighted by molar-refractivity contribution is 0.422. The van der Waals surface area contributed by atoms with Gasteiger partial charge in [-0.1, -0.05) is 25.9 Å². The van der Waals surface area contributed by atoms with Crippen LogP contribution in [0.2, 0.25) is 18.1 Å². The van der Waals surface area contributed by atoms with E-state index in [0.29, 0.717) is 6.10 Å². The van der Waals surface area contributed by atoms with E-state index in [9.17, 15) is 0 Å². The smallest absolute Gasteiger partial charge is 0.0784 e. The van der Waals surface area contributed by atoms with E-state index in [2.05, 4.69) is 13.8 Å². The summed E-state index contributed by atoms with van der Waals surface area (Å²) in [4.78, 5) is 0. The zero-order chi connectivity index (χ0) is 6.69. The zero-order valence-electron chi connectivity index (χ0n) is 6.39. The summed E-state index contributed by atoms with van der Waals surface area (Å²) < 4.78 is 5.18. The summed E-state index contributed by atoms with van der Waals surface area (Å²) in [6.45, 7) is 5.70. The maximum atomic E-state index is 5.18. The van der Waals surface area contributed by atoms with Gasteiger partial charge in [0.2, 0.25) is 0 Å². The molecule has 2 heteroatoms. The van der Waals surface area contributed by atoms with Crippen LogP contribution in [0, 0.1) is 0 Å². The van der Waals surface area contributed by atoms with Crippen LogP contribution in [0.5, 0.6) is 0 Å². The van der Waals surface area contributed by atoms with Gasteiger partial charge in [0.1, 0.15) is 0 Å². The summed E-state index contributed by atoms with van der Waals surface area (Å²) in [5, 5.41) is 0. The van der Waals surface area contributed by atoms with Crippen LogP contribution in [0.4, 0.5) is 0 Å². The van der Waals surface area contributed by atoms with Gasteiger partial charge in [0.25, 0.3) is 0 Å². The molecule has 0 saturated carbocycles. The SMILES string of the molecule is CC[SiH](CC)CC1CO1. The van der Waals surface area contributed by atoms with Gasteiger partial charge in [-0.15, -0.1) is 0 Å². The van der Waals surface area contributed by atoms with Gasteiger partial charge in [0, 0.05) is 8.80 Å². The summed E-state index contributed by atoms with van der Waals surface area (Å²) >= 11 is 0. The maximum Gasteiger partial charge on any atom is 0.0784 e. The number of hydrogen-bond acceptors (Lipinski definition) is 1. The number of rotatable bonds is 4. The van der Waals surface area contributed by atoms with Crippen LogP contribution < -0.4 is 0 Å². The van der Waals surface area contributed by atoms with Crippen LogP contribution in [-0.2, 0) is 4.74 Å². The highest BCUT2D eigenvalue weighted by Gasteiger charge is 2.25. The Morgan fingerprint density at radius 2 is 2.00 bits per heavy atom. The molecule has 1 heterocycles. The normalized spacial score (nSPS) is 25.0. The van der Waals surface area contributed by atoms with E-state index in [1.54, 1.807) is 0 Å². The van der Waals surface area contributed by atoms with Gasteiger partial charge in [0.15, 0.2) is 0 Å². The molecule has 1 unspecified atom stereocenters. The van der Waals surface area contributed by atoms with Gasteiger partial charge >= 0.3 is 0 Å². The molecule has 0 aromatic carbocycles. The molecule has 1 atom stereocenters. The van der Waals surface area contributed by atoms with Crippen molar-refractivity contribution in [1.29, 1.82) is 0 Å². The van der Waals surface area contributed by atoms with Gasteiger partial charge in [-0.05, 0) is 6.04 Å². The minimum Gasteiger partial charge on any atom is -0.373 e. The van der Waals surface area contributed by atoms with Gasteiger partial charge in [0.05, 0.1) is 12.7 Å². The van der Waals surface area contributed by atoms with Gasteiger partial charge in [-0.2, -0.15) is 0 Å². The number of hydrogen-bond donors (Lipinski definition) is 0. The first-order chi connectivity index (χ1) is 4.36. The first-order valence-corrected chi connectivity index (χ1v) is 6.43. The second-order valence-corrected chi connectivity index (χ2v) is 6.71. The van der Waals surface area contributed by atoms with Crippen LogP contribution in [0.15, 0.2) is 0 Å². The fourth-order valence-corrected chi connectivity index (χ4v) is 3.46. The molecule has 0 aromatic heterocycles. The molecule has 1 aliphatic rings. The van der Waals surface area contributed by atoms with Crippen molar-refractivity contribution in [3.63, 3.8) is 0 Å². The highest BCUT2D eigenvalue weighted by atomic mass is 28.3. The molecule has 1 fully saturated rings. The molecular weight excluding hydrogens is 128 g/mol. The van der Waals surface area contributed by atoms with Crippen molar-refractivity contribution in [2.75, 3.05) is 6.61 Å². The summed E-state index contributed by atoms with van der Waals surface area (Å²) in [6.07, 6.45) is 0.696. The van der Waals surface area contributed by atoms with Crippen molar-refractivity contribution < 1.29 is 4.74 Å². The van der Waals surface area contributed by atoms with Crippen molar-refractivity contribution in [2.24, 2.45) is 0 Å². The largest absolute Gasteiger partial charge is 0.373 e. The van der Waals surface area contributed by atoms with Crippen LogP contribution in [0.3, 0.4) is 0 Å². The fraction of sp³-hybridized carbons (Fsp3) is 1.00. The number of ether oxygens (including phenoxy) is 1. The summed E-state index contributed by atoms with van der Waals surface area (Å²) in [5.74, 6) is 0. The lowest BCUT2D eigenvalue weighted by Gasteiger charge is -2.06. The van der Waals surface area contributed by atoms with Gasteiger partial charge in [-0.25, -0.2) is 0 Å². The zero-order valence-corrected chi connectivity index (χ0v) is 7.55. The van der Waals surface area contributed by atoms with Crippen molar-refractivity contribution in [1.82, 2.24) is 0 Å². The number of epoxide rings is 1. The second-order valence-electron chi connectivity index (χ2n) is 2.87. The quantitative estimate of drug-likeness (QED) is 0.432. The summed E-state index contributed by atoms with van der Waals surface area (Å²) in [6, 6.07) is 4.35. The molecule has 0 aromatic rings. The average Bonchev–Trinajstić information content (AvgIpc) is 2.66. The lowest BCUT2D eigenvalue weighted by Crippen LogP contribution is -2.11. The summed E-state index contributed by atoms with van der Waals surface area (Å²) in [5.41, 5.74) is 0. The monoisotopic (exact) mass is 144 g/mol. The molecule has 1 saturated heterocycles. The Hall–Kier alpha value is 0.177. The third-order valence-electron chi connectivity index (χ3n) is 2.15. The first-order valence-electron chi connectivity index (χ1n) is 3.98. The molecule has 0 spiro atoms. The van der Waals surface area contributed by atoms with Crippen molar-refractivity contribution in [3.8, 4) is 0 Å². The Morgan fingerprint density at radius 3 is 2.33 bits per heavy atom. The second kappa shape index (κ2) is 3.37. The molecule has 54 valence electrons. The van der Waals surface area contributed by atoms with E-state index in [-0.39, 0.29) is 8.80 Å². The first kappa shape index (κ1) is 7.29. The van der Waals surface area contributed by atoms with E-state index >= 15 is 0 Å². The Labute approximate surface area is 59.0 Å². The highest BCUT2D eigenvalue weighted by molar-refractivity contribution is 6.58. The lowest BCUT2D eigenvalue weighted by atomic mass is 10.6. The van der Waals surface area contributed by atoms with E-state index in [1.165, 1.54) is 18.1 Å². The highest BCUT2D eigenvalue weighted by Crippen LogP contribution is 2.19. The molecular formula is C7H16OSi. The van der Waals surface area contributed by atoms with Gasteiger partial charge < -0.3 is 4.74 Å². The molecule has 1 nitrogen and oxygen atoms in total. The molecule has 0 amide bonds. The fourth-order valence-electron chi connectivity index (χ4n) is 1.20. The van der Waals surface area contributed by atoms with Crippen molar-refractivity contribution >= 4 is 8.80 Å². The molecule has 0 N–H and O–H groups in total. The van der Waals surface area contributed by atoms with E-state index in [1.807, 2.05) is 0 Å². The topological polar surface area (TPSA) is 12.5 Å². The van der Waals surface area contributed by atoms with Crippen LogP contribution in [0.1, 0.15) is 13.8 Å². The molecule has 1 rings (SSSR count). The Kier molecular flexibility index (Phi) is 2.73. The Balaban J connectivity index is 2.05. The molecule has 0 bridgehead atoms. The summed E-state index contributed by atoms with van der Waals surface area (Å²) in [7, 11) is -0.313. The van der Waals surface area contributed by atoms with E-state index in [4.69, 9.17) is 4.74 Å². The minimum atomic E-state index is -0.313. The molecule has 9 heavy (non-hydrogen) atoms. The molecule has 0 aliphatic carbocycles. The minimum absolute atomic E-state index is 0.313. The standard InChI is InChI=1S/C7H16OSi/c1-3-9(4-2)6-7-5-8-7/h7,9H,3-6H2,1-2H3. The van der Waals surface area contributed by atoms with Crippen LogP contribution in [0.25, 0.3) is 0 Å². The van der Waals surface area contributed by atoms with Crippen LogP contribution in [-0.4, -0.2) is 21.5 Å². The van der Waals surface area contributed by atoms with E-state index < -0.39 is 0 Å². The molecule has 0 radical (unpaired) electrons.